The lowest BCUT2D eigenvalue weighted by Gasteiger charge is -2.30. The van der Waals surface area contributed by atoms with Crippen LogP contribution in [-0.4, -0.2) is 18.6 Å². The summed E-state index contributed by atoms with van der Waals surface area (Å²) in [4.78, 5) is 0. The van der Waals surface area contributed by atoms with E-state index in [1.165, 1.54) is 23.1 Å². The Morgan fingerprint density at radius 1 is 0.810 bits per heavy atom. The first kappa shape index (κ1) is 15.8. The van der Waals surface area contributed by atoms with E-state index >= 15 is 0 Å². The van der Waals surface area contributed by atoms with Crippen molar-refractivity contribution in [1.82, 2.24) is 0 Å². The fourth-order valence-electron chi connectivity index (χ4n) is 2.82. The quantitative estimate of drug-likeness (QED) is 0.656. The maximum Gasteiger partial charge on any atom is 0.104 e. The second kappa shape index (κ2) is 6.91. The topological polar surface area (TPSA) is 0 Å². The van der Waals surface area contributed by atoms with Gasteiger partial charge in [0.2, 0.25) is 0 Å². The Hall–Kier alpha value is -1.60. The van der Waals surface area contributed by atoms with Crippen LogP contribution in [0.25, 0.3) is 0 Å². The minimum atomic E-state index is 0.658. The second-order valence-corrected chi connectivity index (χ2v) is 6.79. The summed E-state index contributed by atoms with van der Waals surface area (Å²) in [5, 5.41) is 0. The molecule has 0 bridgehead atoms. The van der Waals surface area contributed by atoms with Crippen molar-refractivity contribution in [1.29, 1.82) is 0 Å². The minimum absolute atomic E-state index is 0.658. The van der Waals surface area contributed by atoms with Crippen LogP contribution in [0.2, 0.25) is 0 Å². The van der Waals surface area contributed by atoms with Gasteiger partial charge in [-0.25, -0.2) is 0 Å². The van der Waals surface area contributed by atoms with Gasteiger partial charge in [0, 0.05) is 11.1 Å². The average Bonchev–Trinajstić information content (AvgIpc) is 2.47. The molecule has 0 spiro atoms. The van der Waals surface area contributed by atoms with E-state index in [0.29, 0.717) is 5.92 Å². The maximum absolute atomic E-state index is 2.30. The average molecular weight is 282 g/mol. The molecule has 112 valence electrons. The molecule has 21 heavy (non-hydrogen) atoms. The number of benzene rings is 2. The normalized spacial score (nSPS) is 13.1. The van der Waals surface area contributed by atoms with Crippen molar-refractivity contribution < 1.29 is 4.48 Å². The maximum atomic E-state index is 2.30. The second-order valence-electron chi connectivity index (χ2n) is 6.79. The van der Waals surface area contributed by atoms with Crippen LogP contribution < -0.4 is 0 Å². The summed E-state index contributed by atoms with van der Waals surface area (Å²) in [7, 11) is 4.60. The molecule has 0 aromatic heterocycles. The van der Waals surface area contributed by atoms with Crippen LogP contribution in [0.15, 0.2) is 54.6 Å². The van der Waals surface area contributed by atoms with Gasteiger partial charge >= 0.3 is 0 Å². The van der Waals surface area contributed by atoms with Gasteiger partial charge in [0.15, 0.2) is 0 Å². The monoisotopic (exact) mass is 282 g/mol. The lowest BCUT2D eigenvalue weighted by atomic mass is 9.97. The van der Waals surface area contributed by atoms with Crippen molar-refractivity contribution in [3.8, 4) is 0 Å². The van der Waals surface area contributed by atoms with Crippen molar-refractivity contribution in [3.63, 3.8) is 0 Å². The molecule has 0 saturated heterocycles. The largest absolute Gasteiger partial charge is 0.321 e. The highest BCUT2D eigenvalue weighted by atomic mass is 15.3. The molecule has 0 amide bonds. The molecule has 0 aliphatic heterocycles. The molecule has 0 saturated carbocycles. The first-order valence-electron chi connectivity index (χ1n) is 7.95. The predicted octanol–water partition coefficient (Wildman–Crippen LogP) is 4.98. The van der Waals surface area contributed by atoms with Crippen LogP contribution in [0.1, 0.15) is 42.9 Å². The molecule has 2 aromatic carbocycles. The Kier molecular flexibility index (Phi) is 5.19. The summed E-state index contributed by atoms with van der Waals surface area (Å²) in [5.74, 6) is 0.658. The first-order chi connectivity index (χ1) is 10.00. The van der Waals surface area contributed by atoms with Gasteiger partial charge in [-0.2, -0.15) is 0 Å². The van der Waals surface area contributed by atoms with E-state index in [9.17, 15) is 0 Å². The van der Waals surface area contributed by atoms with Crippen molar-refractivity contribution in [2.45, 2.75) is 39.3 Å². The van der Waals surface area contributed by atoms with E-state index in [1.54, 1.807) is 0 Å². The zero-order valence-corrected chi connectivity index (χ0v) is 13.8. The molecule has 0 radical (unpaired) electrons. The molecular formula is C20H28N+. The van der Waals surface area contributed by atoms with Crippen LogP contribution in [-0.2, 0) is 13.1 Å². The molecule has 1 unspecified atom stereocenters. The van der Waals surface area contributed by atoms with Gasteiger partial charge in [-0.05, 0) is 17.9 Å². The molecule has 1 heteroatoms. The minimum Gasteiger partial charge on any atom is -0.321 e. The van der Waals surface area contributed by atoms with Gasteiger partial charge in [0.25, 0.3) is 0 Å². The number of hydrogen-bond acceptors (Lipinski definition) is 0. The third kappa shape index (κ3) is 4.71. The van der Waals surface area contributed by atoms with E-state index in [2.05, 4.69) is 82.5 Å². The number of nitrogens with zero attached hydrogens (tertiary/aromatic N) is 1. The lowest BCUT2D eigenvalue weighted by Crippen LogP contribution is -2.37. The Bertz CT molecular complexity index is 540. The summed E-state index contributed by atoms with van der Waals surface area (Å²) in [6.45, 7) is 6.67. The standard InChI is InChI=1S/C20H28N/c1-5-17(2)20-13-11-19(12-14-20)16-21(3,4)15-18-9-7-6-8-10-18/h6-14,17H,5,15-16H2,1-4H3/q+1. The Balaban J connectivity index is 2.02. The SMILES string of the molecule is CCC(C)c1ccc(C[N+](C)(C)Cc2ccccc2)cc1. The molecule has 0 aliphatic rings. The van der Waals surface area contributed by atoms with E-state index < -0.39 is 0 Å². The van der Waals surface area contributed by atoms with E-state index in [0.717, 1.165) is 17.6 Å². The molecule has 2 aromatic rings. The zero-order chi connectivity index (χ0) is 15.3. The molecule has 0 fully saturated rings. The summed E-state index contributed by atoms with van der Waals surface area (Å²) >= 11 is 0. The summed E-state index contributed by atoms with van der Waals surface area (Å²) in [6, 6.07) is 19.9. The third-order valence-corrected chi connectivity index (χ3v) is 4.23. The molecular weight excluding hydrogens is 254 g/mol. The van der Waals surface area contributed by atoms with Crippen molar-refractivity contribution in [2.75, 3.05) is 14.1 Å². The van der Waals surface area contributed by atoms with E-state index in [1.807, 2.05) is 0 Å². The highest BCUT2D eigenvalue weighted by Gasteiger charge is 2.16. The van der Waals surface area contributed by atoms with Crippen molar-refractivity contribution >= 4 is 0 Å². The van der Waals surface area contributed by atoms with Crippen molar-refractivity contribution in [2.24, 2.45) is 0 Å². The Morgan fingerprint density at radius 2 is 1.33 bits per heavy atom. The molecule has 1 atom stereocenters. The summed E-state index contributed by atoms with van der Waals surface area (Å²) in [5.41, 5.74) is 4.27. The van der Waals surface area contributed by atoms with Crippen LogP contribution in [0.3, 0.4) is 0 Å². The highest BCUT2D eigenvalue weighted by Crippen LogP contribution is 2.20. The van der Waals surface area contributed by atoms with Gasteiger partial charge in [0.1, 0.15) is 13.1 Å². The van der Waals surface area contributed by atoms with Gasteiger partial charge in [-0.3, -0.25) is 0 Å². The van der Waals surface area contributed by atoms with E-state index in [4.69, 9.17) is 0 Å². The number of rotatable bonds is 6. The summed E-state index contributed by atoms with van der Waals surface area (Å²) in [6.07, 6.45) is 1.20. The Labute approximate surface area is 129 Å². The Morgan fingerprint density at radius 3 is 1.86 bits per heavy atom. The molecule has 1 nitrogen and oxygen atoms in total. The third-order valence-electron chi connectivity index (χ3n) is 4.23. The van der Waals surface area contributed by atoms with Gasteiger partial charge in [-0.15, -0.1) is 0 Å². The first-order valence-corrected chi connectivity index (χ1v) is 7.95. The highest BCUT2D eigenvalue weighted by molar-refractivity contribution is 5.24. The molecule has 2 rings (SSSR count). The lowest BCUT2D eigenvalue weighted by molar-refractivity contribution is -0.916. The van der Waals surface area contributed by atoms with Gasteiger partial charge in [0.05, 0.1) is 14.1 Å². The predicted molar refractivity (Wildman–Crippen MR) is 91.1 cm³/mol. The fourth-order valence-corrected chi connectivity index (χ4v) is 2.82. The van der Waals surface area contributed by atoms with Gasteiger partial charge in [-0.1, -0.05) is 68.4 Å². The zero-order valence-electron chi connectivity index (χ0n) is 13.8. The molecule has 0 N–H and O–H groups in total. The molecule has 0 heterocycles. The van der Waals surface area contributed by atoms with Crippen LogP contribution in [0.4, 0.5) is 0 Å². The van der Waals surface area contributed by atoms with Crippen molar-refractivity contribution in [3.05, 3.63) is 71.3 Å². The van der Waals surface area contributed by atoms with Crippen LogP contribution in [0.5, 0.6) is 0 Å². The number of quaternary nitrogens is 1. The van der Waals surface area contributed by atoms with Crippen LogP contribution in [0, 0.1) is 0 Å². The smallest absolute Gasteiger partial charge is 0.104 e. The number of hydrogen-bond donors (Lipinski definition) is 0. The van der Waals surface area contributed by atoms with Crippen LogP contribution >= 0.6 is 0 Å². The van der Waals surface area contributed by atoms with E-state index in [-0.39, 0.29) is 0 Å². The fraction of sp³-hybridized carbons (Fsp3) is 0.400. The van der Waals surface area contributed by atoms with Gasteiger partial charge < -0.3 is 4.48 Å². The summed E-state index contributed by atoms with van der Waals surface area (Å²) < 4.78 is 0.979. The molecule has 0 aliphatic carbocycles.